The topological polar surface area (TPSA) is 61.4 Å². The zero-order chi connectivity index (χ0) is 14.1. The van der Waals surface area contributed by atoms with Crippen molar-refractivity contribution in [2.45, 2.75) is 20.4 Å². The van der Waals surface area contributed by atoms with Gasteiger partial charge in [-0.3, -0.25) is 0 Å². The highest BCUT2D eigenvalue weighted by Crippen LogP contribution is 2.07. The van der Waals surface area contributed by atoms with Crippen molar-refractivity contribution in [3.8, 4) is 0 Å². The minimum atomic E-state index is -3.41. The zero-order valence-corrected chi connectivity index (χ0v) is 13.6. The number of halogens is 1. The van der Waals surface area contributed by atoms with Gasteiger partial charge >= 0.3 is 0 Å². The molecular formula is C13H24ClN3O2S. The second-order valence-electron chi connectivity index (χ2n) is 4.16. The summed E-state index contributed by atoms with van der Waals surface area (Å²) in [6, 6.07) is 9.60. The van der Waals surface area contributed by atoms with Crippen LogP contribution >= 0.6 is 12.4 Å². The fraction of sp³-hybridized carbons (Fsp3) is 0.538. The van der Waals surface area contributed by atoms with Crippen LogP contribution in [0.1, 0.15) is 19.4 Å². The average molecular weight is 322 g/mol. The summed E-state index contributed by atoms with van der Waals surface area (Å²) < 4.78 is 28.3. The third-order valence-electron chi connectivity index (χ3n) is 2.73. The SMILES string of the molecule is CCNCCNS(=O)(=O)N(CC)Cc1ccccc1.Cl. The summed E-state index contributed by atoms with van der Waals surface area (Å²) in [5.41, 5.74) is 0.987. The van der Waals surface area contributed by atoms with Crippen LogP contribution in [0, 0.1) is 0 Å². The summed E-state index contributed by atoms with van der Waals surface area (Å²) in [5.74, 6) is 0. The molecule has 1 rings (SSSR count). The molecule has 0 spiro atoms. The van der Waals surface area contributed by atoms with Crippen LogP contribution in [0.4, 0.5) is 0 Å². The molecule has 0 amide bonds. The van der Waals surface area contributed by atoms with Crippen LogP contribution in [0.2, 0.25) is 0 Å². The van der Waals surface area contributed by atoms with Crippen LogP contribution < -0.4 is 10.0 Å². The van der Waals surface area contributed by atoms with Gasteiger partial charge in [0.1, 0.15) is 0 Å². The molecule has 0 aliphatic rings. The normalized spacial score (nSPS) is 11.3. The van der Waals surface area contributed by atoms with Crippen molar-refractivity contribution < 1.29 is 8.42 Å². The fourth-order valence-corrected chi connectivity index (χ4v) is 2.89. The Kier molecular flexibility index (Phi) is 9.79. The van der Waals surface area contributed by atoms with Crippen LogP contribution in [-0.4, -0.2) is 38.9 Å². The highest BCUT2D eigenvalue weighted by Gasteiger charge is 2.19. The lowest BCUT2D eigenvalue weighted by Gasteiger charge is -2.21. The maximum absolute atomic E-state index is 12.1. The van der Waals surface area contributed by atoms with Crippen LogP contribution in [-0.2, 0) is 16.8 Å². The first-order valence-corrected chi connectivity index (χ1v) is 8.03. The van der Waals surface area contributed by atoms with Gasteiger partial charge in [-0.2, -0.15) is 12.7 Å². The Morgan fingerprint density at radius 2 is 1.75 bits per heavy atom. The molecule has 0 aromatic heterocycles. The Morgan fingerprint density at radius 3 is 2.30 bits per heavy atom. The fourth-order valence-electron chi connectivity index (χ4n) is 1.69. The molecule has 2 N–H and O–H groups in total. The van der Waals surface area contributed by atoms with Crippen LogP contribution in [0.15, 0.2) is 30.3 Å². The van der Waals surface area contributed by atoms with E-state index in [2.05, 4.69) is 10.0 Å². The maximum atomic E-state index is 12.1. The smallest absolute Gasteiger partial charge is 0.279 e. The molecule has 7 heteroatoms. The highest BCUT2D eigenvalue weighted by molar-refractivity contribution is 7.87. The van der Waals surface area contributed by atoms with Gasteiger partial charge in [-0.05, 0) is 12.1 Å². The third-order valence-corrected chi connectivity index (χ3v) is 4.37. The number of rotatable bonds is 9. The van der Waals surface area contributed by atoms with Crippen LogP contribution in [0.3, 0.4) is 0 Å². The number of nitrogens with zero attached hydrogens (tertiary/aromatic N) is 1. The summed E-state index contributed by atoms with van der Waals surface area (Å²) in [6.45, 7) is 6.55. The second kappa shape index (κ2) is 10.1. The summed E-state index contributed by atoms with van der Waals surface area (Å²) in [6.07, 6.45) is 0. The molecule has 1 aromatic rings. The lowest BCUT2D eigenvalue weighted by Crippen LogP contribution is -2.42. The van der Waals surface area contributed by atoms with E-state index < -0.39 is 10.2 Å². The predicted octanol–water partition coefficient (Wildman–Crippen LogP) is 1.37. The number of nitrogens with one attached hydrogen (secondary N) is 2. The average Bonchev–Trinajstić information content (AvgIpc) is 2.42. The number of hydrogen-bond donors (Lipinski definition) is 2. The van der Waals surface area contributed by atoms with Crippen molar-refractivity contribution in [2.75, 3.05) is 26.2 Å². The minimum Gasteiger partial charge on any atom is -0.316 e. The summed E-state index contributed by atoms with van der Waals surface area (Å²) >= 11 is 0. The van der Waals surface area contributed by atoms with E-state index in [1.807, 2.05) is 44.2 Å². The van der Waals surface area contributed by atoms with Crippen LogP contribution in [0.25, 0.3) is 0 Å². The van der Waals surface area contributed by atoms with Gasteiger partial charge in [0.15, 0.2) is 0 Å². The molecule has 20 heavy (non-hydrogen) atoms. The molecule has 0 aliphatic carbocycles. The maximum Gasteiger partial charge on any atom is 0.279 e. The molecule has 0 heterocycles. The Balaban J connectivity index is 0.00000361. The van der Waals surface area contributed by atoms with Crippen LogP contribution in [0.5, 0.6) is 0 Å². The molecule has 5 nitrogen and oxygen atoms in total. The van der Waals surface area contributed by atoms with Gasteiger partial charge in [0, 0.05) is 26.2 Å². The first kappa shape index (κ1) is 19.3. The van der Waals surface area contributed by atoms with E-state index in [1.165, 1.54) is 4.31 Å². The molecule has 0 saturated heterocycles. The highest BCUT2D eigenvalue weighted by atomic mass is 35.5. The van der Waals surface area contributed by atoms with Gasteiger partial charge in [-0.15, -0.1) is 12.4 Å². The Morgan fingerprint density at radius 1 is 1.10 bits per heavy atom. The number of likely N-dealkylation sites (N-methyl/N-ethyl adjacent to an activating group) is 1. The van der Waals surface area contributed by atoms with Gasteiger partial charge in [-0.25, -0.2) is 4.72 Å². The first-order valence-electron chi connectivity index (χ1n) is 6.59. The lowest BCUT2D eigenvalue weighted by atomic mass is 10.2. The standard InChI is InChI=1S/C13H23N3O2S.ClH/c1-3-14-10-11-15-19(17,18)16(4-2)12-13-8-6-5-7-9-13;/h5-9,14-15H,3-4,10-12H2,1-2H3;1H. The van der Waals surface area contributed by atoms with Gasteiger partial charge in [0.25, 0.3) is 10.2 Å². The summed E-state index contributed by atoms with van der Waals surface area (Å²) in [4.78, 5) is 0. The summed E-state index contributed by atoms with van der Waals surface area (Å²) in [5, 5.41) is 3.08. The molecule has 116 valence electrons. The van der Waals surface area contributed by atoms with Gasteiger partial charge in [0.2, 0.25) is 0 Å². The molecular weight excluding hydrogens is 298 g/mol. The predicted molar refractivity (Wildman–Crippen MR) is 85.2 cm³/mol. The van der Waals surface area contributed by atoms with Crippen molar-refractivity contribution in [3.05, 3.63) is 35.9 Å². The van der Waals surface area contributed by atoms with E-state index in [4.69, 9.17) is 0 Å². The number of benzene rings is 1. The molecule has 0 unspecified atom stereocenters. The van der Waals surface area contributed by atoms with Gasteiger partial charge in [0.05, 0.1) is 0 Å². The third kappa shape index (κ3) is 6.67. The summed E-state index contributed by atoms with van der Waals surface area (Å²) in [7, 11) is -3.41. The van der Waals surface area contributed by atoms with E-state index in [1.54, 1.807) is 0 Å². The molecule has 0 aliphatic heterocycles. The zero-order valence-electron chi connectivity index (χ0n) is 12.0. The quantitative estimate of drug-likeness (QED) is 0.675. The minimum absolute atomic E-state index is 0. The molecule has 1 aromatic carbocycles. The van der Waals surface area contributed by atoms with E-state index in [9.17, 15) is 8.42 Å². The van der Waals surface area contributed by atoms with Crippen molar-refractivity contribution in [2.24, 2.45) is 0 Å². The lowest BCUT2D eigenvalue weighted by molar-refractivity contribution is 0.414. The Labute approximate surface area is 128 Å². The molecule has 0 bridgehead atoms. The molecule has 0 atom stereocenters. The van der Waals surface area contributed by atoms with E-state index in [0.717, 1.165) is 12.1 Å². The molecule has 0 radical (unpaired) electrons. The van der Waals surface area contributed by atoms with Gasteiger partial charge < -0.3 is 5.32 Å². The van der Waals surface area contributed by atoms with Crippen molar-refractivity contribution in [1.29, 1.82) is 0 Å². The first-order chi connectivity index (χ1) is 9.10. The van der Waals surface area contributed by atoms with E-state index in [-0.39, 0.29) is 12.4 Å². The van der Waals surface area contributed by atoms with Gasteiger partial charge in [-0.1, -0.05) is 44.2 Å². The second-order valence-corrected chi connectivity index (χ2v) is 5.92. The van der Waals surface area contributed by atoms with Crippen molar-refractivity contribution in [3.63, 3.8) is 0 Å². The Bertz CT molecular complexity index is 454. The van der Waals surface area contributed by atoms with E-state index >= 15 is 0 Å². The Hall–Kier alpha value is -0.660. The largest absolute Gasteiger partial charge is 0.316 e. The van der Waals surface area contributed by atoms with Crippen molar-refractivity contribution >= 4 is 22.6 Å². The van der Waals surface area contributed by atoms with E-state index in [0.29, 0.717) is 26.2 Å². The molecule has 0 fully saturated rings. The monoisotopic (exact) mass is 321 g/mol. The number of hydrogen-bond acceptors (Lipinski definition) is 3. The van der Waals surface area contributed by atoms with Crippen molar-refractivity contribution in [1.82, 2.24) is 14.3 Å². The molecule has 0 saturated carbocycles.